The molecule has 0 aliphatic carbocycles. The van der Waals surface area contributed by atoms with Gasteiger partial charge in [-0.2, -0.15) is 0 Å². The number of pyridine rings is 3. The van der Waals surface area contributed by atoms with Crippen LogP contribution in [0.4, 0.5) is 0 Å². The molecule has 0 bridgehead atoms. The maximum atomic E-state index is 15.3. The molecule has 234 valence electrons. The first kappa shape index (κ1) is 31.4. The molecule has 0 fully saturated rings. The van der Waals surface area contributed by atoms with Gasteiger partial charge in [0.15, 0.2) is 14.3 Å². The second-order valence-corrected chi connectivity index (χ2v) is 17.1. The molecule has 3 aromatic heterocycles. The molecule has 0 amide bonds. The van der Waals surface area contributed by atoms with Crippen LogP contribution in [0.3, 0.4) is 0 Å². The third-order valence-corrected chi connectivity index (χ3v) is 14.7. The Labute approximate surface area is 281 Å². The van der Waals surface area contributed by atoms with E-state index in [4.69, 9.17) is 15.0 Å². The molecule has 0 atom stereocenters. The Balaban J connectivity index is 1.45. The summed E-state index contributed by atoms with van der Waals surface area (Å²) >= 11 is 0. The summed E-state index contributed by atoms with van der Waals surface area (Å²) < 4.78 is 30.7. The third-order valence-electron chi connectivity index (χ3n) is 8.79. The van der Waals surface area contributed by atoms with Gasteiger partial charge in [-0.15, -0.1) is 0 Å². The van der Waals surface area contributed by atoms with Crippen molar-refractivity contribution in [2.24, 2.45) is 0 Å². The summed E-state index contributed by atoms with van der Waals surface area (Å²) in [5.74, 6) is 0. The van der Waals surface area contributed by atoms with Crippen molar-refractivity contribution in [3.8, 4) is 0 Å². The van der Waals surface area contributed by atoms with E-state index in [1.807, 2.05) is 183 Å². The van der Waals surface area contributed by atoms with E-state index in [2.05, 4.69) is 0 Å². The summed E-state index contributed by atoms with van der Waals surface area (Å²) in [4.78, 5) is 15.2. The maximum Gasteiger partial charge on any atom is 0.188 e. The fraction of sp³-hybridized carbons (Fsp3) is 0.0488. The number of benzene rings is 4. The monoisotopic (exact) mass is 661 g/mol. The van der Waals surface area contributed by atoms with Crippen molar-refractivity contribution in [3.63, 3.8) is 0 Å². The molecule has 4 aromatic carbocycles. The van der Waals surface area contributed by atoms with Crippen LogP contribution in [0.5, 0.6) is 0 Å². The van der Waals surface area contributed by atoms with Gasteiger partial charge in [0, 0.05) is 27.4 Å². The highest BCUT2D eigenvalue weighted by Crippen LogP contribution is 2.45. The van der Waals surface area contributed by atoms with Crippen LogP contribution in [0.15, 0.2) is 182 Å². The lowest BCUT2D eigenvalue weighted by molar-refractivity contribution is 0.590. The van der Waals surface area contributed by atoms with Gasteiger partial charge in [0.1, 0.15) is 10.9 Å². The van der Waals surface area contributed by atoms with Gasteiger partial charge in [0.2, 0.25) is 0 Å². The van der Waals surface area contributed by atoms with E-state index in [1.165, 1.54) is 0 Å². The molecule has 0 spiro atoms. The van der Waals surface area contributed by atoms with Gasteiger partial charge >= 0.3 is 0 Å². The van der Waals surface area contributed by atoms with Gasteiger partial charge in [-0.1, -0.05) is 140 Å². The van der Waals surface area contributed by atoms with Gasteiger partial charge in [0.25, 0.3) is 0 Å². The third kappa shape index (κ3) is 5.46. The zero-order chi connectivity index (χ0) is 33.0. The molecule has 48 heavy (non-hydrogen) atoms. The molecule has 0 N–H and O–H groups in total. The van der Waals surface area contributed by atoms with Crippen molar-refractivity contribution in [2.45, 2.75) is 12.3 Å². The Morgan fingerprint density at radius 2 is 0.729 bits per heavy atom. The highest BCUT2D eigenvalue weighted by molar-refractivity contribution is 7.85. The molecule has 7 heteroatoms. The van der Waals surface area contributed by atoms with Crippen molar-refractivity contribution in [1.82, 2.24) is 15.0 Å². The second-order valence-electron chi connectivity index (χ2n) is 11.7. The Morgan fingerprint density at radius 3 is 1.06 bits per heavy atom. The number of nitrogens with zero attached hydrogens (tertiary/aromatic N) is 3. The first-order chi connectivity index (χ1) is 23.4. The Hall–Kier alpha value is -5.21. The van der Waals surface area contributed by atoms with E-state index in [-0.39, 0.29) is 0 Å². The van der Waals surface area contributed by atoms with Crippen LogP contribution < -0.4 is 32.1 Å². The second kappa shape index (κ2) is 13.1. The van der Waals surface area contributed by atoms with E-state index < -0.39 is 19.7 Å². The number of hydrogen-bond donors (Lipinski definition) is 0. The molecular weight excluding hydrogens is 628 g/mol. The van der Waals surface area contributed by atoms with Crippen LogP contribution in [0.25, 0.3) is 0 Å². The van der Waals surface area contributed by atoms with Crippen molar-refractivity contribution in [1.29, 1.82) is 0 Å². The SMILES string of the molecule is CC(c1ccccn1)(c1cccc(P(=O)(c2ccccc2)c2ccccc2)n1)c1cccc(P(=O)(c2ccccc2)c2ccccc2)n1. The molecular formula is C41H33N3O2P2. The Kier molecular flexibility index (Phi) is 8.58. The summed E-state index contributed by atoms with van der Waals surface area (Å²) in [7, 11) is -6.74. The highest BCUT2D eigenvalue weighted by Gasteiger charge is 2.40. The van der Waals surface area contributed by atoms with Crippen LogP contribution in [0.1, 0.15) is 24.0 Å². The summed E-state index contributed by atoms with van der Waals surface area (Å²) in [6.45, 7) is 2.03. The Bertz CT molecular complexity index is 2020. The predicted octanol–water partition coefficient (Wildman–Crippen LogP) is 6.50. The summed E-state index contributed by atoms with van der Waals surface area (Å²) in [6, 6.07) is 55.2. The first-order valence-corrected chi connectivity index (χ1v) is 19.2. The van der Waals surface area contributed by atoms with Crippen molar-refractivity contribution < 1.29 is 9.13 Å². The lowest BCUT2D eigenvalue weighted by atomic mass is 9.79. The van der Waals surface area contributed by atoms with Crippen molar-refractivity contribution in [3.05, 3.63) is 199 Å². The van der Waals surface area contributed by atoms with Crippen LogP contribution in [0.2, 0.25) is 0 Å². The molecule has 0 saturated carbocycles. The minimum absolute atomic E-state index is 0.468. The average molecular weight is 662 g/mol. The molecule has 0 radical (unpaired) electrons. The largest absolute Gasteiger partial charge is 0.307 e. The summed E-state index contributed by atoms with van der Waals surface area (Å²) in [6.07, 6.45) is 1.75. The fourth-order valence-electron chi connectivity index (χ4n) is 6.19. The molecule has 0 aliphatic heterocycles. The molecule has 0 unspecified atom stereocenters. The average Bonchev–Trinajstić information content (AvgIpc) is 3.18. The fourth-order valence-corrected chi connectivity index (χ4v) is 11.3. The van der Waals surface area contributed by atoms with Gasteiger partial charge in [0.05, 0.1) is 22.5 Å². The standard InChI is InChI=1S/C41H33N3O2P2/c1-41(36-26-14-15-31-42-36,37-27-16-29-39(43-37)47(45,32-18-6-2-7-19-32)33-20-8-3-9-21-33)38-28-17-30-40(44-38)48(46,34-22-10-4-11-23-34)35-24-12-5-13-25-35/h2-31H,1H3. The van der Waals surface area contributed by atoms with E-state index in [9.17, 15) is 0 Å². The number of rotatable bonds is 9. The molecule has 7 aromatic rings. The molecule has 0 saturated heterocycles. The molecule has 7 rings (SSSR count). The maximum absolute atomic E-state index is 15.3. The molecule has 3 heterocycles. The summed E-state index contributed by atoms with van der Waals surface area (Å²) in [5.41, 5.74) is 1.91. The molecule has 0 aliphatic rings. The summed E-state index contributed by atoms with van der Waals surface area (Å²) in [5, 5.41) is 2.80. The molecule has 5 nitrogen and oxygen atoms in total. The number of hydrogen-bond acceptors (Lipinski definition) is 5. The van der Waals surface area contributed by atoms with Crippen molar-refractivity contribution >= 4 is 46.4 Å². The topological polar surface area (TPSA) is 72.8 Å². The highest BCUT2D eigenvalue weighted by atomic mass is 31.2. The van der Waals surface area contributed by atoms with Crippen molar-refractivity contribution in [2.75, 3.05) is 0 Å². The van der Waals surface area contributed by atoms with E-state index in [0.717, 1.165) is 0 Å². The predicted molar refractivity (Wildman–Crippen MR) is 197 cm³/mol. The zero-order valence-corrected chi connectivity index (χ0v) is 28.2. The smallest absolute Gasteiger partial charge is 0.188 e. The van der Waals surface area contributed by atoms with Gasteiger partial charge in [-0.25, -0.2) is 9.97 Å². The van der Waals surface area contributed by atoms with Crippen LogP contribution >= 0.6 is 14.3 Å². The van der Waals surface area contributed by atoms with Crippen LogP contribution in [-0.4, -0.2) is 15.0 Å². The van der Waals surface area contributed by atoms with E-state index in [0.29, 0.717) is 49.2 Å². The van der Waals surface area contributed by atoms with Gasteiger partial charge < -0.3 is 9.13 Å². The normalized spacial score (nSPS) is 12.0. The van der Waals surface area contributed by atoms with Gasteiger partial charge in [-0.05, 0) is 43.3 Å². The van der Waals surface area contributed by atoms with Crippen LogP contribution in [-0.2, 0) is 14.5 Å². The van der Waals surface area contributed by atoms with Crippen LogP contribution in [0, 0.1) is 0 Å². The quantitative estimate of drug-likeness (QED) is 0.165. The minimum atomic E-state index is -3.37. The zero-order valence-electron chi connectivity index (χ0n) is 26.4. The first-order valence-electron chi connectivity index (χ1n) is 15.8. The lowest BCUT2D eigenvalue weighted by Gasteiger charge is -2.30. The Morgan fingerprint density at radius 1 is 0.396 bits per heavy atom. The van der Waals surface area contributed by atoms with E-state index in [1.54, 1.807) is 6.20 Å². The number of aromatic nitrogens is 3. The minimum Gasteiger partial charge on any atom is -0.307 e. The van der Waals surface area contributed by atoms with Gasteiger partial charge in [-0.3, -0.25) is 4.98 Å². The van der Waals surface area contributed by atoms with E-state index >= 15 is 9.13 Å². The lowest BCUT2D eigenvalue weighted by Crippen LogP contribution is -2.35.